The van der Waals surface area contributed by atoms with Crippen LogP contribution >= 0.6 is 0 Å². The molecule has 0 spiro atoms. The average molecular weight is 293 g/mol. The SMILES string of the molecule is Cc1cc(N)cc(C)c1S(=O)(=O)N(CCC#N)C1CC1. The molecule has 0 atom stereocenters. The fraction of sp³-hybridized carbons (Fsp3) is 0.500. The van der Waals surface area contributed by atoms with Crippen LogP contribution in [0.1, 0.15) is 30.4 Å². The van der Waals surface area contributed by atoms with Crippen LogP contribution in [0.15, 0.2) is 17.0 Å². The van der Waals surface area contributed by atoms with E-state index in [9.17, 15) is 8.42 Å². The highest BCUT2D eigenvalue weighted by molar-refractivity contribution is 7.89. The third-order valence-corrected chi connectivity index (χ3v) is 5.71. The van der Waals surface area contributed by atoms with Crippen molar-refractivity contribution in [2.45, 2.75) is 44.0 Å². The van der Waals surface area contributed by atoms with Gasteiger partial charge in [-0.05, 0) is 49.9 Å². The Bertz CT molecular complexity index is 634. The first-order valence-electron chi connectivity index (χ1n) is 6.63. The first kappa shape index (κ1) is 14.8. The summed E-state index contributed by atoms with van der Waals surface area (Å²) in [7, 11) is -3.56. The zero-order chi connectivity index (χ0) is 14.9. The van der Waals surface area contributed by atoms with Gasteiger partial charge >= 0.3 is 0 Å². The maximum atomic E-state index is 12.8. The van der Waals surface area contributed by atoms with Gasteiger partial charge in [0.05, 0.1) is 11.0 Å². The van der Waals surface area contributed by atoms with Crippen molar-refractivity contribution in [3.63, 3.8) is 0 Å². The molecular formula is C14H19N3O2S. The number of hydrogen-bond donors (Lipinski definition) is 1. The third kappa shape index (κ3) is 2.79. The summed E-state index contributed by atoms with van der Waals surface area (Å²) in [5, 5.41) is 8.71. The summed E-state index contributed by atoms with van der Waals surface area (Å²) in [6.07, 6.45) is 1.96. The lowest BCUT2D eigenvalue weighted by molar-refractivity contribution is 0.410. The molecule has 1 saturated carbocycles. The van der Waals surface area contributed by atoms with E-state index < -0.39 is 10.0 Å². The van der Waals surface area contributed by atoms with Crippen LogP contribution in [-0.4, -0.2) is 25.3 Å². The monoisotopic (exact) mass is 293 g/mol. The Morgan fingerprint density at radius 2 is 1.90 bits per heavy atom. The van der Waals surface area contributed by atoms with Gasteiger partial charge in [0.1, 0.15) is 0 Å². The number of nitrogens with two attached hydrogens (primary N) is 1. The minimum absolute atomic E-state index is 0.0460. The van der Waals surface area contributed by atoms with E-state index in [1.165, 1.54) is 4.31 Å². The molecule has 1 aliphatic carbocycles. The summed E-state index contributed by atoms with van der Waals surface area (Å²) < 4.78 is 27.2. The molecule has 0 aromatic heterocycles. The fourth-order valence-corrected chi connectivity index (χ4v) is 4.63. The Kier molecular flexibility index (Phi) is 4.02. The van der Waals surface area contributed by atoms with Crippen molar-refractivity contribution in [1.29, 1.82) is 5.26 Å². The van der Waals surface area contributed by atoms with Gasteiger partial charge in [0.25, 0.3) is 0 Å². The quantitative estimate of drug-likeness (QED) is 0.841. The second kappa shape index (κ2) is 5.43. The minimum Gasteiger partial charge on any atom is -0.399 e. The number of nitrogen functional groups attached to an aromatic ring is 1. The lowest BCUT2D eigenvalue weighted by Crippen LogP contribution is -2.34. The summed E-state index contributed by atoms with van der Waals surface area (Å²) in [6, 6.07) is 5.41. The summed E-state index contributed by atoms with van der Waals surface area (Å²) in [5.74, 6) is 0. The van der Waals surface area contributed by atoms with Gasteiger partial charge in [0.15, 0.2) is 0 Å². The van der Waals surface area contributed by atoms with E-state index in [1.807, 2.05) is 6.07 Å². The Morgan fingerprint density at radius 1 is 1.35 bits per heavy atom. The Morgan fingerprint density at radius 3 is 2.35 bits per heavy atom. The fourth-order valence-electron chi connectivity index (χ4n) is 2.53. The van der Waals surface area contributed by atoms with Crippen LogP contribution in [0.2, 0.25) is 0 Å². The average Bonchev–Trinajstić information content (AvgIpc) is 3.11. The molecule has 0 saturated heterocycles. The van der Waals surface area contributed by atoms with Crippen LogP contribution in [-0.2, 0) is 10.0 Å². The summed E-state index contributed by atoms with van der Waals surface area (Å²) in [4.78, 5) is 0.330. The van der Waals surface area contributed by atoms with Crippen LogP contribution in [0.5, 0.6) is 0 Å². The standard InChI is InChI=1S/C14H19N3O2S/c1-10-8-12(16)9-11(2)14(10)20(18,19)17(7-3-6-15)13-4-5-13/h8-9,13H,3-5,7,16H2,1-2H3. The maximum absolute atomic E-state index is 12.8. The highest BCUT2D eigenvalue weighted by Gasteiger charge is 2.38. The van der Waals surface area contributed by atoms with Gasteiger partial charge < -0.3 is 5.73 Å². The molecule has 0 unspecified atom stereocenters. The molecule has 1 aromatic carbocycles. The van der Waals surface area contributed by atoms with Crippen molar-refractivity contribution in [3.8, 4) is 6.07 Å². The molecule has 6 heteroatoms. The third-order valence-electron chi connectivity index (χ3n) is 3.45. The Hall–Kier alpha value is -1.58. The Labute approximate surface area is 120 Å². The molecule has 0 bridgehead atoms. The predicted molar refractivity (Wildman–Crippen MR) is 77.5 cm³/mol. The van der Waals surface area contributed by atoms with E-state index in [0.717, 1.165) is 12.8 Å². The van der Waals surface area contributed by atoms with Gasteiger partial charge in [-0.1, -0.05) is 0 Å². The number of sulfonamides is 1. The highest BCUT2D eigenvalue weighted by Crippen LogP contribution is 2.34. The second-order valence-corrected chi connectivity index (χ2v) is 7.07. The molecule has 0 heterocycles. The second-order valence-electron chi connectivity index (χ2n) is 5.24. The number of benzene rings is 1. The van der Waals surface area contributed by atoms with Crippen molar-refractivity contribution in [3.05, 3.63) is 23.3 Å². The van der Waals surface area contributed by atoms with E-state index in [4.69, 9.17) is 11.0 Å². The van der Waals surface area contributed by atoms with Crippen molar-refractivity contribution in [2.24, 2.45) is 0 Å². The van der Waals surface area contributed by atoms with E-state index in [-0.39, 0.29) is 19.0 Å². The molecule has 2 N–H and O–H groups in total. The molecule has 2 rings (SSSR count). The molecule has 0 aliphatic heterocycles. The van der Waals surface area contributed by atoms with E-state index in [1.54, 1.807) is 26.0 Å². The molecule has 5 nitrogen and oxygen atoms in total. The molecule has 1 aliphatic rings. The number of anilines is 1. The Balaban J connectivity index is 2.46. The van der Waals surface area contributed by atoms with Gasteiger partial charge in [-0.2, -0.15) is 9.57 Å². The first-order chi connectivity index (χ1) is 9.37. The van der Waals surface area contributed by atoms with Gasteiger partial charge in [-0.15, -0.1) is 0 Å². The van der Waals surface area contributed by atoms with Crippen LogP contribution < -0.4 is 5.73 Å². The molecule has 108 valence electrons. The van der Waals surface area contributed by atoms with Crippen molar-refractivity contribution in [2.75, 3.05) is 12.3 Å². The summed E-state index contributed by atoms with van der Waals surface area (Å²) >= 11 is 0. The zero-order valence-electron chi connectivity index (χ0n) is 11.8. The highest BCUT2D eigenvalue weighted by atomic mass is 32.2. The van der Waals surface area contributed by atoms with Gasteiger partial charge in [0.2, 0.25) is 10.0 Å². The number of nitriles is 1. The van der Waals surface area contributed by atoms with Gasteiger partial charge in [-0.3, -0.25) is 0 Å². The summed E-state index contributed by atoms with van der Waals surface area (Å²) in [5.41, 5.74) is 7.63. The maximum Gasteiger partial charge on any atom is 0.243 e. The number of rotatable bonds is 5. The number of hydrogen-bond acceptors (Lipinski definition) is 4. The first-order valence-corrected chi connectivity index (χ1v) is 8.07. The largest absolute Gasteiger partial charge is 0.399 e. The van der Waals surface area contributed by atoms with Crippen LogP contribution in [0.4, 0.5) is 5.69 Å². The molecule has 20 heavy (non-hydrogen) atoms. The summed E-state index contributed by atoms with van der Waals surface area (Å²) in [6.45, 7) is 3.77. The molecule has 1 fully saturated rings. The predicted octanol–water partition coefficient (Wildman–Crippen LogP) is 1.95. The van der Waals surface area contributed by atoms with E-state index in [2.05, 4.69) is 0 Å². The molecule has 0 radical (unpaired) electrons. The van der Waals surface area contributed by atoms with Crippen LogP contribution in [0.25, 0.3) is 0 Å². The van der Waals surface area contributed by atoms with Crippen molar-refractivity contribution in [1.82, 2.24) is 4.31 Å². The normalized spacial score (nSPS) is 15.3. The minimum atomic E-state index is -3.56. The van der Waals surface area contributed by atoms with Crippen molar-refractivity contribution < 1.29 is 8.42 Å². The molecular weight excluding hydrogens is 274 g/mol. The smallest absolute Gasteiger partial charge is 0.243 e. The molecule has 0 amide bonds. The van der Waals surface area contributed by atoms with E-state index >= 15 is 0 Å². The van der Waals surface area contributed by atoms with Crippen LogP contribution in [0.3, 0.4) is 0 Å². The molecule has 1 aromatic rings. The van der Waals surface area contributed by atoms with Crippen LogP contribution in [0, 0.1) is 25.2 Å². The lowest BCUT2D eigenvalue weighted by Gasteiger charge is -2.23. The van der Waals surface area contributed by atoms with Gasteiger partial charge in [-0.25, -0.2) is 8.42 Å². The topological polar surface area (TPSA) is 87.2 Å². The van der Waals surface area contributed by atoms with Crippen molar-refractivity contribution >= 4 is 15.7 Å². The van der Waals surface area contributed by atoms with E-state index in [0.29, 0.717) is 21.7 Å². The lowest BCUT2D eigenvalue weighted by atomic mass is 10.1. The zero-order valence-corrected chi connectivity index (χ0v) is 12.6. The number of aryl methyl sites for hydroxylation is 2. The number of nitrogens with zero attached hydrogens (tertiary/aromatic N) is 2. The van der Waals surface area contributed by atoms with Gasteiger partial charge in [0, 0.05) is 24.7 Å².